The number of aryl methyl sites for hydroxylation is 1. The molecule has 1 aliphatic carbocycles. The van der Waals surface area contributed by atoms with Crippen molar-refractivity contribution in [3.05, 3.63) is 35.4 Å². The van der Waals surface area contributed by atoms with Gasteiger partial charge in [-0.05, 0) is 36.3 Å². The molecule has 0 heterocycles. The molecular formula is C15H22O. The summed E-state index contributed by atoms with van der Waals surface area (Å²) in [6, 6.07) is 8.34. The average molecular weight is 218 g/mol. The van der Waals surface area contributed by atoms with E-state index in [9.17, 15) is 5.11 Å². The molecule has 0 spiro atoms. The molecule has 0 radical (unpaired) electrons. The normalized spacial score (nSPS) is 19.6. The Balaban J connectivity index is 2.15. The lowest BCUT2D eigenvalue weighted by Gasteiger charge is -2.28. The van der Waals surface area contributed by atoms with Crippen LogP contribution < -0.4 is 0 Å². The van der Waals surface area contributed by atoms with Crippen molar-refractivity contribution in [2.75, 3.05) is 0 Å². The Morgan fingerprint density at radius 2 is 1.88 bits per heavy atom. The number of aliphatic hydroxyl groups excluding tert-OH is 1. The average Bonchev–Trinajstić information content (AvgIpc) is 2.39. The van der Waals surface area contributed by atoms with E-state index in [2.05, 4.69) is 25.1 Å². The zero-order chi connectivity index (χ0) is 11.4. The van der Waals surface area contributed by atoms with E-state index in [0.717, 1.165) is 12.0 Å². The Kier molecular flexibility index (Phi) is 4.00. The van der Waals surface area contributed by atoms with Gasteiger partial charge in [0.15, 0.2) is 0 Å². The van der Waals surface area contributed by atoms with Gasteiger partial charge in [-0.2, -0.15) is 0 Å². The minimum Gasteiger partial charge on any atom is -0.388 e. The van der Waals surface area contributed by atoms with E-state index in [1.54, 1.807) is 0 Å². The summed E-state index contributed by atoms with van der Waals surface area (Å²) in [4.78, 5) is 0. The number of aliphatic hydroxyl groups is 1. The van der Waals surface area contributed by atoms with Crippen molar-refractivity contribution in [3.63, 3.8) is 0 Å². The summed E-state index contributed by atoms with van der Waals surface area (Å²) in [5, 5.41) is 10.5. The second-order valence-corrected chi connectivity index (χ2v) is 4.90. The summed E-state index contributed by atoms with van der Waals surface area (Å²) < 4.78 is 0. The van der Waals surface area contributed by atoms with Gasteiger partial charge in [-0.25, -0.2) is 0 Å². The smallest absolute Gasteiger partial charge is 0.0820 e. The van der Waals surface area contributed by atoms with Crippen molar-refractivity contribution < 1.29 is 5.11 Å². The number of rotatable bonds is 3. The molecule has 0 amide bonds. The molecule has 16 heavy (non-hydrogen) atoms. The van der Waals surface area contributed by atoms with Crippen molar-refractivity contribution in [2.24, 2.45) is 5.92 Å². The molecular weight excluding hydrogens is 196 g/mol. The van der Waals surface area contributed by atoms with E-state index in [1.807, 2.05) is 6.07 Å². The molecule has 2 rings (SSSR count). The van der Waals surface area contributed by atoms with Gasteiger partial charge >= 0.3 is 0 Å². The lowest BCUT2D eigenvalue weighted by atomic mass is 9.81. The molecule has 1 aromatic carbocycles. The van der Waals surface area contributed by atoms with Gasteiger partial charge in [0.05, 0.1) is 6.10 Å². The first-order valence-corrected chi connectivity index (χ1v) is 6.58. The van der Waals surface area contributed by atoms with Gasteiger partial charge in [-0.15, -0.1) is 0 Å². The molecule has 1 saturated carbocycles. The second kappa shape index (κ2) is 5.49. The maximum atomic E-state index is 10.5. The van der Waals surface area contributed by atoms with Crippen LogP contribution >= 0.6 is 0 Å². The number of hydrogen-bond acceptors (Lipinski definition) is 1. The van der Waals surface area contributed by atoms with E-state index in [-0.39, 0.29) is 6.10 Å². The minimum absolute atomic E-state index is 0.239. The third-order valence-electron chi connectivity index (χ3n) is 3.85. The molecule has 0 bridgehead atoms. The fourth-order valence-electron chi connectivity index (χ4n) is 2.85. The van der Waals surface area contributed by atoms with Crippen molar-refractivity contribution in [1.82, 2.24) is 0 Å². The van der Waals surface area contributed by atoms with Crippen molar-refractivity contribution in [2.45, 2.75) is 51.6 Å². The topological polar surface area (TPSA) is 20.2 Å². The van der Waals surface area contributed by atoms with E-state index in [0.29, 0.717) is 5.92 Å². The Hall–Kier alpha value is -0.820. The molecule has 1 fully saturated rings. The lowest BCUT2D eigenvalue weighted by molar-refractivity contribution is 0.0841. The van der Waals surface area contributed by atoms with Gasteiger partial charge < -0.3 is 5.11 Å². The third-order valence-corrected chi connectivity index (χ3v) is 3.85. The highest BCUT2D eigenvalue weighted by atomic mass is 16.3. The van der Waals surface area contributed by atoms with E-state index < -0.39 is 0 Å². The van der Waals surface area contributed by atoms with Crippen LogP contribution in [0.2, 0.25) is 0 Å². The van der Waals surface area contributed by atoms with Gasteiger partial charge in [0.25, 0.3) is 0 Å². The zero-order valence-corrected chi connectivity index (χ0v) is 10.2. The van der Waals surface area contributed by atoms with Crippen molar-refractivity contribution in [3.8, 4) is 0 Å². The van der Waals surface area contributed by atoms with Crippen LogP contribution in [0.4, 0.5) is 0 Å². The summed E-state index contributed by atoms with van der Waals surface area (Å²) in [6.45, 7) is 2.16. The molecule has 1 N–H and O–H groups in total. The van der Waals surface area contributed by atoms with Gasteiger partial charge in [0.1, 0.15) is 0 Å². The number of hydrogen-bond donors (Lipinski definition) is 1. The predicted octanol–water partition coefficient (Wildman–Crippen LogP) is 3.86. The summed E-state index contributed by atoms with van der Waals surface area (Å²) in [5.74, 6) is 0.487. The van der Waals surface area contributed by atoms with Crippen LogP contribution in [0.3, 0.4) is 0 Å². The summed E-state index contributed by atoms with van der Waals surface area (Å²) in [6.07, 6.45) is 7.08. The first-order chi connectivity index (χ1) is 7.83. The summed E-state index contributed by atoms with van der Waals surface area (Å²) >= 11 is 0. The van der Waals surface area contributed by atoms with E-state index in [1.165, 1.54) is 37.7 Å². The molecule has 1 unspecified atom stereocenters. The minimum atomic E-state index is -0.239. The van der Waals surface area contributed by atoms with Crippen LogP contribution in [0.25, 0.3) is 0 Å². The largest absolute Gasteiger partial charge is 0.388 e. The first-order valence-electron chi connectivity index (χ1n) is 6.58. The highest BCUT2D eigenvalue weighted by molar-refractivity contribution is 5.29. The highest BCUT2D eigenvalue weighted by Gasteiger charge is 2.24. The van der Waals surface area contributed by atoms with Gasteiger partial charge in [0.2, 0.25) is 0 Å². The third kappa shape index (κ3) is 2.46. The predicted molar refractivity (Wildman–Crippen MR) is 67.4 cm³/mol. The van der Waals surface area contributed by atoms with Crippen LogP contribution in [0, 0.1) is 5.92 Å². The molecule has 1 nitrogen and oxygen atoms in total. The monoisotopic (exact) mass is 218 g/mol. The van der Waals surface area contributed by atoms with Gasteiger partial charge in [-0.3, -0.25) is 0 Å². The van der Waals surface area contributed by atoms with Crippen molar-refractivity contribution in [1.29, 1.82) is 0 Å². The molecule has 1 atom stereocenters. The molecule has 88 valence electrons. The fraction of sp³-hybridized carbons (Fsp3) is 0.600. The standard InChI is InChI=1S/C15H22O/c1-2-12-8-6-7-11-14(12)15(16)13-9-4-3-5-10-13/h6-8,11,13,15-16H,2-5,9-10H2,1H3. The maximum Gasteiger partial charge on any atom is 0.0820 e. The Morgan fingerprint density at radius 3 is 2.56 bits per heavy atom. The molecule has 1 aromatic rings. The SMILES string of the molecule is CCc1ccccc1C(O)C1CCCCC1. The molecule has 0 aromatic heterocycles. The molecule has 0 aliphatic heterocycles. The quantitative estimate of drug-likeness (QED) is 0.816. The van der Waals surface area contributed by atoms with E-state index in [4.69, 9.17) is 0 Å². The second-order valence-electron chi connectivity index (χ2n) is 4.90. The van der Waals surface area contributed by atoms with Crippen LogP contribution in [0.5, 0.6) is 0 Å². The van der Waals surface area contributed by atoms with Crippen LogP contribution in [0.15, 0.2) is 24.3 Å². The van der Waals surface area contributed by atoms with Gasteiger partial charge in [0, 0.05) is 0 Å². The Morgan fingerprint density at radius 1 is 1.19 bits per heavy atom. The van der Waals surface area contributed by atoms with E-state index >= 15 is 0 Å². The number of benzene rings is 1. The highest BCUT2D eigenvalue weighted by Crippen LogP contribution is 2.35. The molecule has 0 saturated heterocycles. The Bertz CT molecular complexity index is 326. The molecule has 1 aliphatic rings. The Labute approximate surface area is 98.5 Å². The molecule has 1 heteroatoms. The van der Waals surface area contributed by atoms with Crippen LogP contribution in [-0.4, -0.2) is 5.11 Å². The van der Waals surface area contributed by atoms with Crippen LogP contribution in [0.1, 0.15) is 56.3 Å². The lowest BCUT2D eigenvalue weighted by Crippen LogP contribution is -2.17. The van der Waals surface area contributed by atoms with Crippen LogP contribution in [-0.2, 0) is 6.42 Å². The summed E-state index contributed by atoms with van der Waals surface area (Å²) in [7, 11) is 0. The first kappa shape index (κ1) is 11.7. The summed E-state index contributed by atoms with van der Waals surface area (Å²) in [5.41, 5.74) is 2.47. The zero-order valence-electron chi connectivity index (χ0n) is 10.2. The maximum absolute atomic E-state index is 10.5. The van der Waals surface area contributed by atoms with Gasteiger partial charge in [-0.1, -0.05) is 50.5 Å². The van der Waals surface area contributed by atoms with Crippen molar-refractivity contribution >= 4 is 0 Å². The fourth-order valence-corrected chi connectivity index (χ4v) is 2.85.